The average molecular weight is 404 g/mol. The van der Waals surface area contributed by atoms with Crippen molar-refractivity contribution in [3.63, 3.8) is 0 Å². The lowest BCUT2D eigenvalue weighted by molar-refractivity contribution is -0.138. The lowest BCUT2D eigenvalue weighted by Gasteiger charge is -2.34. The zero-order valence-electron chi connectivity index (χ0n) is 13.1. The number of nitrogens with zero attached hydrogens (tertiary/aromatic N) is 2. The summed E-state index contributed by atoms with van der Waals surface area (Å²) in [5.41, 5.74) is 1.03. The van der Waals surface area contributed by atoms with Gasteiger partial charge in [0.1, 0.15) is 11.6 Å². The van der Waals surface area contributed by atoms with Gasteiger partial charge in [0, 0.05) is 30.7 Å². The van der Waals surface area contributed by atoms with Crippen LogP contribution in [0.15, 0.2) is 22.7 Å². The van der Waals surface area contributed by atoms with Crippen LogP contribution in [0.25, 0.3) is 0 Å². The number of carbonyl (C=O) groups is 2. The third-order valence-electron chi connectivity index (χ3n) is 3.81. The Bertz CT molecular complexity index is 574. The molecule has 0 N–H and O–H groups in total. The summed E-state index contributed by atoms with van der Waals surface area (Å²) in [5, 5.41) is 0. The summed E-state index contributed by atoms with van der Waals surface area (Å²) in [7, 11) is 0. The molecule has 0 atom stereocenters. The van der Waals surface area contributed by atoms with Gasteiger partial charge < -0.3 is 14.5 Å². The van der Waals surface area contributed by atoms with E-state index in [0.29, 0.717) is 39.2 Å². The topological polar surface area (TPSA) is 49.9 Å². The highest BCUT2D eigenvalue weighted by molar-refractivity contribution is 9.10. The number of aryl methyl sites for hydroxylation is 1. The van der Waals surface area contributed by atoms with Crippen LogP contribution in [0.5, 0.6) is 5.75 Å². The number of hydrogen-bond acceptors (Lipinski definition) is 3. The highest BCUT2D eigenvalue weighted by Crippen LogP contribution is 2.22. The van der Waals surface area contributed by atoms with E-state index in [-0.39, 0.29) is 17.7 Å². The molecule has 1 fully saturated rings. The largest absolute Gasteiger partial charge is 0.493 e. The van der Waals surface area contributed by atoms with Gasteiger partial charge in [-0.1, -0.05) is 15.9 Å². The fourth-order valence-corrected chi connectivity index (χ4v) is 3.12. The minimum atomic E-state index is -0.0761. The lowest BCUT2D eigenvalue weighted by Crippen LogP contribution is -2.51. The van der Waals surface area contributed by atoms with E-state index >= 15 is 0 Å². The van der Waals surface area contributed by atoms with Crippen molar-refractivity contribution < 1.29 is 14.3 Å². The fourth-order valence-electron chi connectivity index (χ4n) is 2.47. The molecule has 0 saturated carbocycles. The predicted molar refractivity (Wildman–Crippen MR) is 92.9 cm³/mol. The van der Waals surface area contributed by atoms with Crippen LogP contribution in [0.1, 0.15) is 12.0 Å². The number of alkyl halides is 1. The van der Waals surface area contributed by atoms with Crippen molar-refractivity contribution in [2.24, 2.45) is 0 Å². The molecule has 1 aliphatic rings. The highest BCUT2D eigenvalue weighted by Gasteiger charge is 2.23. The molecular formula is C16H20BrClN2O3. The molecule has 1 aromatic rings. The maximum atomic E-state index is 12.2. The van der Waals surface area contributed by atoms with E-state index in [9.17, 15) is 9.59 Å². The van der Waals surface area contributed by atoms with Crippen molar-refractivity contribution in [3.05, 3.63) is 28.2 Å². The summed E-state index contributed by atoms with van der Waals surface area (Å²) < 4.78 is 6.68. The number of halogens is 2. The van der Waals surface area contributed by atoms with Crippen LogP contribution in [-0.2, 0) is 9.59 Å². The Labute approximate surface area is 149 Å². The van der Waals surface area contributed by atoms with Gasteiger partial charge in [-0.2, -0.15) is 0 Å². The minimum Gasteiger partial charge on any atom is -0.493 e. The van der Waals surface area contributed by atoms with Gasteiger partial charge in [-0.25, -0.2) is 0 Å². The van der Waals surface area contributed by atoms with Crippen LogP contribution in [0.3, 0.4) is 0 Å². The van der Waals surface area contributed by atoms with Crippen LogP contribution in [0.2, 0.25) is 0 Å². The van der Waals surface area contributed by atoms with E-state index in [1.165, 1.54) is 0 Å². The number of hydrogen-bond donors (Lipinski definition) is 0. The summed E-state index contributed by atoms with van der Waals surface area (Å²) in [4.78, 5) is 27.1. The molecule has 1 heterocycles. The van der Waals surface area contributed by atoms with E-state index in [1.807, 2.05) is 25.1 Å². The summed E-state index contributed by atoms with van der Waals surface area (Å²) >= 11 is 8.95. The van der Waals surface area contributed by atoms with Crippen molar-refractivity contribution in [2.45, 2.75) is 13.3 Å². The number of ether oxygens (including phenoxy) is 1. The first kappa shape index (κ1) is 18.1. The SMILES string of the molecule is Cc1cc(Br)ccc1OCCC(=O)N1CCN(C(=O)CCl)CC1. The highest BCUT2D eigenvalue weighted by atomic mass is 79.9. The molecule has 0 aliphatic carbocycles. The zero-order valence-corrected chi connectivity index (χ0v) is 15.4. The van der Waals surface area contributed by atoms with Crippen LogP contribution in [0.4, 0.5) is 0 Å². The van der Waals surface area contributed by atoms with E-state index in [4.69, 9.17) is 16.3 Å². The Hall–Kier alpha value is -1.27. The van der Waals surface area contributed by atoms with E-state index < -0.39 is 0 Å². The average Bonchev–Trinajstić information content (AvgIpc) is 2.56. The van der Waals surface area contributed by atoms with Gasteiger partial charge in [0.2, 0.25) is 11.8 Å². The Morgan fingerprint density at radius 3 is 2.35 bits per heavy atom. The van der Waals surface area contributed by atoms with Crippen LogP contribution in [-0.4, -0.2) is 60.3 Å². The van der Waals surface area contributed by atoms with Gasteiger partial charge in [0.05, 0.1) is 13.0 Å². The molecule has 126 valence electrons. The molecule has 23 heavy (non-hydrogen) atoms. The second-order valence-electron chi connectivity index (χ2n) is 5.40. The molecule has 1 saturated heterocycles. The molecule has 2 amide bonds. The number of amides is 2. The summed E-state index contributed by atoms with van der Waals surface area (Å²) in [5.74, 6) is 0.762. The standard InChI is InChI=1S/C16H20BrClN2O3/c1-12-10-13(17)2-3-14(12)23-9-4-15(21)19-5-7-20(8-6-19)16(22)11-18/h2-3,10H,4-9,11H2,1H3. The molecule has 0 radical (unpaired) electrons. The van der Waals surface area contributed by atoms with Crippen molar-refractivity contribution in [2.75, 3.05) is 38.7 Å². The van der Waals surface area contributed by atoms with Gasteiger partial charge in [0.15, 0.2) is 0 Å². The van der Waals surface area contributed by atoms with Gasteiger partial charge in [0.25, 0.3) is 0 Å². The van der Waals surface area contributed by atoms with Gasteiger partial charge in [-0.05, 0) is 30.7 Å². The maximum absolute atomic E-state index is 12.2. The molecule has 7 heteroatoms. The number of rotatable bonds is 5. The first-order valence-electron chi connectivity index (χ1n) is 7.51. The molecule has 0 aromatic heterocycles. The molecule has 1 aromatic carbocycles. The number of benzene rings is 1. The monoisotopic (exact) mass is 402 g/mol. The Balaban J connectivity index is 1.74. The van der Waals surface area contributed by atoms with Crippen LogP contribution in [0, 0.1) is 6.92 Å². The fraction of sp³-hybridized carbons (Fsp3) is 0.500. The maximum Gasteiger partial charge on any atom is 0.237 e. The molecule has 0 bridgehead atoms. The molecule has 1 aliphatic heterocycles. The van der Waals surface area contributed by atoms with Gasteiger partial charge in [-0.15, -0.1) is 11.6 Å². The normalized spacial score (nSPS) is 14.7. The molecular weight excluding hydrogens is 384 g/mol. The van der Waals surface area contributed by atoms with Gasteiger partial charge in [-0.3, -0.25) is 9.59 Å². The smallest absolute Gasteiger partial charge is 0.237 e. The van der Waals surface area contributed by atoms with Crippen molar-refractivity contribution >= 4 is 39.3 Å². The number of piperazine rings is 1. The Kier molecular flexibility index (Phi) is 6.72. The van der Waals surface area contributed by atoms with Crippen molar-refractivity contribution in [3.8, 4) is 5.75 Å². The molecule has 5 nitrogen and oxygen atoms in total. The number of carbonyl (C=O) groups excluding carboxylic acids is 2. The third kappa shape index (κ3) is 5.11. The van der Waals surface area contributed by atoms with Crippen LogP contribution >= 0.6 is 27.5 Å². The quantitative estimate of drug-likeness (QED) is 0.710. The second-order valence-corrected chi connectivity index (χ2v) is 6.59. The molecule has 0 unspecified atom stereocenters. The lowest BCUT2D eigenvalue weighted by atomic mass is 10.2. The zero-order chi connectivity index (χ0) is 16.8. The van der Waals surface area contributed by atoms with Crippen molar-refractivity contribution in [1.29, 1.82) is 0 Å². The summed E-state index contributed by atoms with van der Waals surface area (Å²) in [6, 6.07) is 5.78. The Morgan fingerprint density at radius 2 is 1.78 bits per heavy atom. The van der Waals surface area contributed by atoms with E-state index in [1.54, 1.807) is 9.80 Å². The second kappa shape index (κ2) is 8.55. The first-order valence-corrected chi connectivity index (χ1v) is 8.84. The summed E-state index contributed by atoms with van der Waals surface area (Å²) in [6.45, 7) is 4.52. The minimum absolute atomic E-state index is 0.00563. The molecule has 2 rings (SSSR count). The Morgan fingerprint density at radius 1 is 1.17 bits per heavy atom. The van der Waals surface area contributed by atoms with E-state index in [0.717, 1.165) is 15.8 Å². The molecule has 0 spiro atoms. The van der Waals surface area contributed by atoms with Gasteiger partial charge >= 0.3 is 0 Å². The predicted octanol–water partition coefficient (Wildman–Crippen LogP) is 2.44. The van der Waals surface area contributed by atoms with E-state index in [2.05, 4.69) is 15.9 Å². The van der Waals surface area contributed by atoms with Crippen LogP contribution < -0.4 is 4.74 Å². The third-order valence-corrected chi connectivity index (χ3v) is 4.53. The summed E-state index contributed by atoms with van der Waals surface area (Å²) in [6.07, 6.45) is 0.332. The first-order chi connectivity index (χ1) is 11.0. The van der Waals surface area contributed by atoms with Crippen molar-refractivity contribution in [1.82, 2.24) is 9.80 Å².